The van der Waals surface area contributed by atoms with Crippen molar-refractivity contribution in [2.75, 3.05) is 42.3 Å². The Balaban J connectivity index is 1.39. The minimum absolute atomic E-state index is 0.206. The summed E-state index contributed by atoms with van der Waals surface area (Å²) in [4.78, 5) is 25.0. The van der Waals surface area contributed by atoms with Crippen molar-refractivity contribution < 1.29 is 4.79 Å². The number of hydrogen-bond donors (Lipinski definition) is 4. The molecule has 0 saturated carbocycles. The van der Waals surface area contributed by atoms with Crippen LogP contribution in [0.2, 0.25) is 0 Å². The van der Waals surface area contributed by atoms with Gasteiger partial charge in [-0.3, -0.25) is 4.79 Å². The normalized spacial score (nSPS) is 11.5. The summed E-state index contributed by atoms with van der Waals surface area (Å²) in [6.07, 6.45) is 4.97. The van der Waals surface area contributed by atoms with Gasteiger partial charge in [-0.1, -0.05) is 37.3 Å². The van der Waals surface area contributed by atoms with Crippen LogP contribution in [0.4, 0.5) is 22.3 Å². The van der Waals surface area contributed by atoms with Gasteiger partial charge < -0.3 is 26.6 Å². The van der Waals surface area contributed by atoms with Crippen LogP contribution in [0.25, 0.3) is 10.6 Å². The van der Waals surface area contributed by atoms with E-state index < -0.39 is 0 Å². The van der Waals surface area contributed by atoms with E-state index in [4.69, 9.17) is 10.7 Å². The van der Waals surface area contributed by atoms with Crippen LogP contribution in [0.1, 0.15) is 34.8 Å². The molecule has 5 N–H and O–H groups in total. The van der Waals surface area contributed by atoms with Gasteiger partial charge in [0.2, 0.25) is 5.95 Å². The number of nitrogens with zero attached hydrogens (tertiary/aromatic N) is 3. The van der Waals surface area contributed by atoms with Gasteiger partial charge in [0.05, 0.1) is 26.9 Å². The molecule has 8 nitrogen and oxygen atoms in total. The first kappa shape index (κ1) is 27.8. The molecule has 2 heterocycles. The molecule has 1 amide bonds. The number of allylic oxidation sites excluding steroid dienone is 1. The highest BCUT2D eigenvalue weighted by molar-refractivity contribution is 7.19. The second kappa shape index (κ2) is 13.0. The number of aryl methyl sites for hydroxylation is 1. The molecule has 2 aromatic heterocycles. The zero-order valence-corrected chi connectivity index (χ0v) is 23.6. The van der Waals surface area contributed by atoms with Gasteiger partial charge in [-0.2, -0.15) is 0 Å². The zero-order valence-electron chi connectivity index (χ0n) is 22.8. The monoisotopic (exact) mass is 541 g/mol. The van der Waals surface area contributed by atoms with E-state index in [0.717, 1.165) is 34.1 Å². The molecule has 9 heteroatoms. The predicted molar refractivity (Wildman–Crippen MR) is 163 cm³/mol. The molecule has 0 aliphatic heterocycles. The number of rotatable bonds is 11. The third-order valence-corrected chi connectivity index (χ3v) is 7.08. The molecule has 0 unspecified atom stereocenters. The van der Waals surface area contributed by atoms with E-state index in [1.165, 1.54) is 11.3 Å². The Morgan fingerprint density at radius 3 is 2.56 bits per heavy atom. The van der Waals surface area contributed by atoms with E-state index in [9.17, 15) is 4.79 Å². The van der Waals surface area contributed by atoms with Gasteiger partial charge in [-0.15, -0.1) is 11.3 Å². The SMILES string of the molecule is CC/C=C(\CN(C)C)Nc1cc(C)c(-c2ccnc(NCc3ccc(C(=O)Nc4ccccc4N)cc3)n2)s1. The van der Waals surface area contributed by atoms with Gasteiger partial charge in [0.25, 0.3) is 5.91 Å². The molecule has 0 aliphatic rings. The van der Waals surface area contributed by atoms with Crippen molar-refractivity contribution in [1.29, 1.82) is 0 Å². The highest BCUT2D eigenvalue weighted by Gasteiger charge is 2.12. The number of aromatic nitrogens is 2. The predicted octanol–water partition coefficient (Wildman–Crippen LogP) is 6.23. The third kappa shape index (κ3) is 7.66. The lowest BCUT2D eigenvalue weighted by molar-refractivity contribution is 0.102. The van der Waals surface area contributed by atoms with E-state index >= 15 is 0 Å². The molecule has 4 rings (SSSR count). The molecule has 39 heavy (non-hydrogen) atoms. The number of thiophene rings is 1. The van der Waals surface area contributed by atoms with Gasteiger partial charge in [0.1, 0.15) is 0 Å². The number of amides is 1. The molecule has 0 saturated heterocycles. The quantitative estimate of drug-likeness (QED) is 0.167. The zero-order chi connectivity index (χ0) is 27.8. The number of nitrogens with one attached hydrogen (secondary N) is 3. The van der Waals surface area contributed by atoms with Crippen LogP contribution in [-0.4, -0.2) is 41.4 Å². The van der Waals surface area contributed by atoms with Crippen molar-refractivity contribution in [3.63, 3.8) is 0 Å². The molecule has 0 spiro atoms. The number of carbonyl (C=O) groups excluding carboxylic acids is 1. The number of likely N-dealkylation sites (N-methyl/N-ethyl adjacent to an activating group) is 1. The van der Waals surface area contributed by atoms with Gasteiger partial charge in [0.15, 0.2) is 0 Å². The lowest BCUT2D eigenvalue weighted by Gasteiger charge is -2.14. The van der Waals surface area contributed by atoms with Gasteiger partial charge in [0, 0.05) is 30.5 Å². The topological polar surface area (TPSA) is 108 Å². The smallest absolute Gasteiger partial charge is 0.255 e. The Morgan fingerprint density at radius 2 is 1.85 bits per heavy atom. The van der Waals surface area contributed by atoms with Crippen molar-refractivity contribution in [3.05, 3.63) is 95.3 Å². The Morgan fingerprint density at radius 1 is 1.08 bits per heavy atom. The molecule has 0 radical (unpaired) electrons. The number of nitrogen functional groups attached to an aromatic ring is 1. The van der Waals surface area contributed by atoms with E-state index in [1.807, 2.05) is 30.3 Å². The second-order valence-corrected chi connectivity index (χ2v) is 10.5. The number of carbonyl (C=O) groups is 1. The van der Waals surface area contributed by atoms with Crippen LogP contribution in [-0.2, 0) is 6.54 Å². The Kier molecular flexibility index (Phi) is 9.30. The molecular weight excluding hydrogens is 506 g/mol. The first-order valence-electron chi connectivity index (χ1n) is 12.9. The Hall–Kier alpha value is -4.21. The molecule has 0 bridgehead atoms. The fraction of sp³-hybridized carbons (Fsp3) is 0.233. The maximum Gasteiger partial charge on any atom is 0.255 e. The number of hydrogen-bond acceptors (Lipinski definition) is 8. The molecule has 202 valence electrons. The molecule has 0 fully saturated rings. The number of nitrogens with two attached hydrogens (primary N) is 1. The highest BCUT2D eigenvalue weighted by Crippen LogP contribution is 2.35. The molecule has 4 aromatic rings. The van der Waals surface area contributed by atoms with Crippen LogP contribution in [0.15, 0.2) is 78.6 Å². The molecule has 0 atom stereocenters. The van der Waals surface area contributed by atoms with Crippen LogP contribution < -0.4 is 21.7 Å². The van der Waals surface area contributed by atoms with Crippen LogP contribution in [0, 0.1) is 6.92 Å². The number of para-hydroxylation sites is 2. The Labute approximate surface area is 234 Å². The lowest BCUT2D eigenvalue weighted by atomic mass is 10.1. The van der Waals surface area contributed by atoms with Gasteiger partial charge in [-0.05, 0) is 75.0 Å². The van der Waals surface area contributed by atoms with Crippen LogP contribution in [0.5, 0.6) is 0 Å². The standard InChI is InChI=1S/C30H35N7OS/c1-5-8-23(19-37(3)4)34-27-17-20(2)28(39-27)26-15-16-32-30(36-26)33-18-21-11-13-22(14-12-21)29(38)35-25-10-7-6-9-24(25)31/h6-17,34H,5,18-19,31H2,1-4H3,(H,35,38)(H,32,33,36)/b23-8+. The van der Waals surface area contributed by atoms with Crippen LogP contribution >= 0.6 is 11.3 Å². The van der Waals surface area contributed by atoms with Gasteiger partial charge in [-0.25, -0.2) is 9.97 Å². The summed E-state index contributed by atoms with van der Waals surface area (Å²) >= 11 is 1.69. The van der Waals surface area contributed by atoms with Crippen molar-refractivity contribution in [1.82, 2.24) is 14.9 Å². The minimum atomic E-state index is -0.206. The summed E-state index contributed by atoms with van der Waals surface area (Å²) in [5.74, 6) is 0.345. The summed E-state index contributed by atoms with van der Waals surface area (Å²) < 4.78 is 0. The number of anilines is 4. The van der Waals surface area contributed by atoms with Crippen molar-refractivity contribution in [3.8, 4) is 10.6 Å². The van der Waals surface area contributed by atoms with E-state index in [-0.39, 0.29) is 5.91 Å². The molecule has 0 aliphatic carbocycles. The molecular formula is C30H35N7OS. The average molecular weight is 542 g/mol. The number of benzene rings is 2. The summed E-state index contributed by atoms with van der Waals surface area (Å²) in [7, 11) is 4.14. The van der Waals surface area contributed by atoms with Gasteiger partial charge >= 0.3 is 0 Å². The summed E-state index contributed by atoms with van der Waals surface area (Å²) in [6.45, 7) is 5.63. The summed E-state index contributed by atoms with van der Waals surface area (Å²) in [6, 6.07) is 18.7. The van der Waals surface area contributed by atoms with Crippen molar-refractivity contribution >= 4 is 39.6 Å². The molecule has 2 aromatic carbocycles. The second-order valence-electron chi connectivity index (χ2n) is 9.48. The fourth-order valence-electron chi connectivity index (χ4n) is 4.03. The fourth-order valence-corrected chi connectivity index (χ4v) is 5.11. The minimum Gasteiger partial charge on any atom is -0.397 e. The third-order valence-electron chi connectivity index (χ3n) is 5.90. The highest BCUT2D eigenvalue weighted by atomic mass is 32.1. The van der Waals surface area contributed by atoms with Crippen molar-refractivity contribution in [2.24, 2.45) is 0 Å². The lowest BCUT2D eigenvalue weighted by Crippen LogP contribution is -2.19. The van der Waals surface area contributed by atoms with E-state index in [0.29, 0.717) is 29.4 Å². The average Bonchev–Trinajstić information content (AvgIpc) is 3.28. The van der Waals surface area contributed by atoms with Crippen molar-refractivity contribution in [2.45, 2.75) is 26.8 Å². The largest absolute Gasteiger partial charge is 0.397 e. The van der Waals surface area contributed by atoms with E-state index in [1.54, 1.807) is 41.8 Å². The van der Waals surface area contributed by atoms with E-state index in [2.05, 4.69) is 65.9 Å². The first-order chi connectivity index (χ1) is 18.8. The van der Waals surface area contributed by atoms with Crippen LogP contribution in [0.3, 0.4) is 0 Å². The summed E-state index contributed by atoms with van der Waals surface area (Å²) in [5.41, 5.74) is 11.9. The maximum absolute atomic E-state index is 12.6. The maximum atomic E-state index is 12.6. The summed E-state index contributed by atoms with van der Waals surface area (Å²) in [5, 5.41) is 10.8. The first-order valence-corrected chi connectivity index (χ1v) is 13.7. The Bertz CT molecular complexity index is 1440.